The first-order valence-electron chi connectivity index (χ1n) is 6.82. The highest BCUT2D eigenvalue weighted by Gasteiger charge is 2.38. The molecule has 0 spiro atoms. The highest BCUT2D eigenvalue weighted by molar-refractivity contribution is 5.83. The van der Waals surface area contributed by atoms with Gasteiger partial charge in [0.05, 0.1) is 12.8 Å². The summed E-state index contributed by atoms with van der Waals surface area (Å²) in [4.78, 5) is 14.0. The van der Waals surface area contributed by atoms with E-state index in [2.05, 4.69) is 4.90 Å². The summed E-state index contributed by atoms with van der Waals surface area (Å²) < 4.78 is 18.6. The van der Waals surface area contributed by atoms with E-state index in [0.717, 1.165) is 18.5 Å². The van der Waals surface area contributed by atoms with Crippen molar-refractivity contribution in [3.8, 4) is 5.75 Å². The minimum atomic E-state index is -0.293. The Morgan fingerprint density at radius 3 is 2.58 bits per heavy atom. The molecule has 2 unspecified atom stereocenters. The molecule has 0 amide bonds. The summed E-state index contributed by atoms with van der Waals surface area (Å²) in [5, 5.41) is 0. The summed E-state index contributed by atoms with van der Waals surface area (Å²) in [6, 6.07) is 5.15. The van der Waals surface area contributed by atoms with Gasteiger partial charge in [-0.3, -0.25) is 4.79 Å². The van der Waals surface area contributed by atoms with Crippen LogP contribution in [0.2, 0.25) is 0 Å². The molecule has 1 aromatic rings. The highest BCUT2D eigenvalue weighted by atomic mass is 19.1. The lowest BCUT2D eigenvalue weighted by molar-refractivity contribution is -0.121. The van der Waals surface area contributed by atoms with Crippen molar-refractivity contribution in [3.63, 3.8) is 0 Å². The molecule has 102 valence electrons. The molecule has 2 aliphatic heterocycles. The average Bonchev–Trinajstić information content (AvgIpc) is 2.38. The van der Waals surface area contributed by atoms with Crippen LogP contribution in [-0.4, -0.2) is 25.0 Å². The number of ether oxygens (including phenoxy) is 1. The fraction of sp³-hybridized carbons (Fsp3) is 0.533. The zero-order valence-corrected chi connectivity index (χ0v) is 11.1. The van der Waals surface area contributed by atoms with E-state index >= 15 is 0 Å². The number of nitrogens with zero attached hydrogens (tertiary/aromatic N) is 1. The Morgan fingerprint density at radius 1 is 1.26 bits per heavy atom. The molecule has 19 heavy (non-hydrogen) atoms. The van der Waals surface area contributed by atoms with Crippen molar-refractivity contribution in [2.24, 2.45) is 0 Å². The Hall–Kier alpha value is -1.58. The Kier molecular flexibility index (Phi) is 3.17. The predicted octanol–water partition coefficient (Wildman–Crippen LogP) is 2.92. The van der Waals surface area contributed by atoms with E-state index in [1.165, 1.54) is 18.6 Å². The van der Waals surface area contributed by atoms with Crippen LogP contribution in [0.15, 0.2) is 18.2 Å². The second kappa shape index (κ2) is 4.83. The highest BCUT2D eigenvalue weighted by Crippen LogP contribution is 2.40. The fourth-order valence-electron chi connectivity index (χ4n) is 3.43. The van der Waals surface area contributed by atoms with Crippen LogP contribution < -0.4 is 9.64 Å². The smallest absolute Gasteiger partial charge is 0.145 e. The number of benzene rings is 1. The van der Waals surface area contributed by atoms with Crippen LogP contribution in [0.5, 0.6) is 5.75 Å². The van der Waals surface area contributed by atoms with Crippen LogP contribution in [-0.2, 0) is 4.79 Å². The topological polar surface area (TPSA) is 29.5 Å². The molecular formula is C15H18FNO2. The largest absolute Gasteiger partial charge is 0.494 e. The molecule has 2 atom stereocenters. The van der Waals surface area contributed by atoms with E-state index in [-0.39, 0.29) is 17.9 Å². The molecule has 3 rings (SSSR count). The SMILES string of the molecule is COc1cc(F)ccc1N1C2CCCC1CC(=O)C2. The zero-order chi connectivity index (χ0) is 13.4. The lowest BCUT2D eigenvalue weighted by Gasteiger charge is -2.47. The Labute approximate surface area is 112 Å². The molecule has 2 bridgehead atoms. The van der Waals surface area contributed by atoms with Crippen molar-refractivity contribution < 1.29 is 13.9 Å². The number of ketones is 1. The van der Waals surface area contributed by atoms with Crippen molar-refractivity contribution in [2.75, 3.05) is 12.0 Å². The quantitative estimate of drug-likeness (QED) is 0.821. The second-order valence-electron chi connectivity index (χ2n) is 5.41. The van der Waals surface area contributed by atoms with Gasteiger partial charge in [-0.2, -0.15) is 0 Å². The van der Waals surface area contributed by atoms with Gasteiger partial charge in [0, 0.05) is 31.0 Å². The molecule has 0 aliphatic carbocycles. The minimum absolute atomic E-state index is 0.249. The van der Waals surface area contributed by atoms with Crippen LogP contribution in [0.1, 0.15) is 32.1 Å². The molecule has 2 heterocycles. The van der Waals surface area contributed by atoms with Crippen molar-refractivity contribution in [1.82, 2.24) is 0 Å². The van der Waals surface area contributed by atoms with Gasteiger partial charge in [-0.1, -0.05) is 0 Å². The third-order valence-corrected chi connectivity index (χ3v) is 4.21. The normalized spacial score (nSPS) is 26.4. The molecule has 2 fully saturated rings. The summed E-state index contributed by atoms with van der Waals surface area (Å²) >= 11 is 0. The Morgan fingerprint density at radius 2 is 1.95 bits per heavy atom. The maximum Gasteiger partial charge on any atom is 0.145 e. The predicted molar refractivity (Wildman–Crippen MR) is 71.1 cm³/mol. The van der Waals surface area contributed by atoms with Crippen molar-refractivity contribution in [3.05, 3.63) is 24.0 Å². The molecule has 0 radical (unpaired) electrons. The lowest BCUT2D eigenvalue weighted by Crippen LogP contribution is -2.52. The number of rotatable bonds is 2. The van der Waals surface area contributed by atoms with Gasteiger partial charge in [0.2, 0.25) is 0 Å². The van der Waals surface area contributed by atoms with Gasteiger partial charge < -0.3 is 9.64 Å². The zero-order valence-electron chi connectivity index (χ0n) is 11.1. The van der Waals surface area contributed by atoms with Crippen molar-refractivity contribution in [1.29, 1.82) is 0 Å². The van der Waals surface area contributed by atoms with Crippen LogP contribution >= 0.6 is 0 Å². The number of carbonyl (C=O) groups is 1. The molecule has 3 nitrogen and oxygen atoms in total. The number of hydrogen-bond acceptors (Lipinski definition) is 3. The number of halogens is 1. The first kappa shape index (κ1) is 12.5. The number of fused-ring (bicyclic) bond motifs is 2. The summed E-state index contributed by atoms with van der Waals surface area (Å²) in [5.41, 5.74) is 0.922. The molecular weight excluding hydrogens is 245 g/mol. The van der Waals surface area contributed by atoms with E-state index in [4.69, 9.17) is 4.74 Å². The van der Waals surface area contributed by atoms with Crippen LogP contribution in [0.3, 0.4) is 0 Å². The lowest BCUT2D eigenvalue weighted by atomic mass is 9.83. The summed E-state index contributed by atoms with van der Waals surface area (Å²) in [5.74, 6) is 0.622. The van der Waals surface area contributed by atoms with E-state index in [9.17, 15) is 9.18 Å². The number of carbonyl (C=O) groups excluding carboxylic acids is 1. The maximum absolute atomic E-state index is 13.3. The van der Waals surface area contributed by atoms with Crippen molar-refractivity contribution in [2.45, 2.75) is 44.2 Å². The number of piperidine rings is 2. The molecule has 1 aromatic carbocycles. The van der Waals surface area contributed by atoms with E-state index in [1.54, 1.807) is 13.2 Å². The standard InChI is InChI=1S/C15H18FNO2/c1-19-15-7-10(16)5-6-14(15)17-11-3-2-4-12(17)9-13(18)8-11/h5-7,11-12H,2-4,8-9H2,1H3. The van der Waals surface area contributed by atoms with E-state index < -0.39 is 0 Å². The van der Waals surface area contributed by atoms with Gasteiger partial charge in [-0.05, 0) is 31.4 Å². The number of methoxy groups -OCH3 is 1. The van der Waals surface area contributed by atoms with Crippen LogP contribution in [0.25, 0.3) is 0 Å². The van der Waals surface area contributed by atoms with Gasteiger partial charge in [0.1, 0.15) is 17.3 Å². The number of Topliss-reactive ketones (excluding diaryl/α,β-unsaturated/α-hetero) is 1. The molecule has 2 aliphatic rings. The molecule has 2 saturated heterocycles. The fourth-order valence-corrected chi connectivity index (χ4v) is 3.43. The van der Waals surface area contributed by atoms with Crippen molar-refractivity contribution >= 4 is 11.5 Å². The Bertz CT molecular complexity index is 487. The third-order valence-electron chi connectivity index (χ3n) is 4.21. The van der Waals surface area contributed by atoms with E-state index in [1.807, 2.05) is 0 Å². The first-order valence-corrected chi connectivity index (χ1v) is 6.82. The van der Waals surface area contributed by atoms with Gasteiger partial charge in [-0.15, -0.1) is 0 Å². The molecule has 0 saturated carbocycles. The molecule has 0 N–H and O–H groups in total. The molecule has 0 aromatic heterocycles. The number of hydrogen-bond donors (Lipinski definition) is 0. The van der Waals surface area contributed by atoms with Gasteiger partial charge >= 0.3 is 0 Å². The summed E-state index contributed by atoms with van der Waals surface area (Å²) in [7, 11) is 1.56. The Balaban J connectivity index is 1.99. The van der Waals surface area contributed by atoms with Crippen LogP contribution in [0.4, 0.5) is 10.1 Å². The molecule has 4 heteroatoms. The third kappa shape index (κ3) is 2.20. The van der Waals surface area contributed by atoms with Crippen LogP contribution in [0, 0.1) is 5.82 Å². The first-order chi connectivity index (χ1) is 9.19. The second-order valence-corrected chi connectivity index (χ2v) is 5.41. The summed E-state index contributed by atoms with van der Waals surface area (Å²) in [6.45, 7) is 0. The van der Waals surface area contributed by atoms with Gasteiger partial charge in [0.15, 0.2) is 0 Å². The average molecular weight is 263 g/mol. The minimum Gasteiger partial charge on any atom is -0.494 e. The van der Waals surface area contributed by atoms with Gasteiger partial charge in [-0.25, -0.2) is 4.39 Å². The maximum atomic E-state index is 13.3. The monoisotopic (exact) mass is 263 g/mol. The van der Waals surface area contributed by atoms with Gasteiger partial charge in [0.25, 0.3) is 0 Å². The number of anilines is 1. The van der Waals surface area contributed by atoms with E-state index in [0.29, 0.717) is 24.4 Å². The summed E-state index contributed by atoms with van der Waals surface area (Å²) in [6.07, 6.45) is 4.45.